The molecule has 5 unspecified atom stereocenters. The van der Waals surface area contributed by atoms with Crippen LogP contribution in [-0.4, -0.2) is 15.7 Å². The van der Waals surface area contributed by atoms with Gasteiger partial charge in [0.2, 0.25) is 5.91 Å². The summed E-state index contributed by atoms with van der Waals surface area (Å²) in [5.41, 5.74) is 3.21. The van der Waals surface area contributed by atoms with Crippen LogP contribution in [0.25, 0.3) is 0 Å². The second-order valence-electron chi connectivity index (χ2n) is 11.5. The van der Waals surface area contributed by atoms with E-state index in [9.17, 15) is 14.0 Å². The normalized spacial score (nSPS) is 26.5. The largest absolute Gasteiger partial charge is 0.325 e. The summed E-state index contributed by atoms with van der Waals surface area (Å²) in [5, 5.41) is 4.27. The third kappa shape index (κ3) is 4.14. The number of carbonyl (C=O) groups excluding carboxylic acids is 1. The highest BCUT2D eigenvalue weighted by atomic mass is 32.2. The number of hydrogen-bond donors (Lipinski definition) is 1. The number of amides is 1. The lowest BCUT2D eigenvalue weighted by molar-refractivity contribution is -0.116. The van der Waals surface area contributed by atoms with E-state index in [1.165, 1.54) is 66.0 Å². The van der Waals surface area contributed by atoms with Crippen LogP contribution in [0.4, 0.5) is 10.1 Å². The van der Waals surface area contributed by atoms with Crippen LogP contribution in [0, 0.1) is 23.6 Å². The van der Waals surface area contributed by atoms with Crippen molar-refractivity contribution in [2.45, 2.75) is 68.2 Å². The van der Waals surface area contributed by atoms with Crippen molar-refractivity contribution in [3.05, 3.63) is 80.0 Å². The lowest BCUT2D eigenvalue weighted by Crippen LogP contribution is -2.35. The van der Waals surface area contributed by atoms with Crippen LogP contribution in [0.15, 0.2) is 58.4 Å². The topological polar surface area (TPSA) is 51.1 Å². The molecule has 188 valence electrons. The number of nitrogens with one attached hydrogen (secondary N) is 1. The fraction of sp³-hybridized carbons (Fsp3) is 0.448. The maximum absolute atomic E-state index is 13.2. The summed E-state index contributed by atoms with van der Waals surface area (Å²) in [6.45, 7) is 6.65. The molecule has 1 amide bonds. The molecule has 2 aromatic carbocycles. The number of thioether (sulfide) groups is 1. The highest BCUT2D eigenvalue weighted by molar-refractivity contribution is 8.00. The predicted octanol–water partition coefficient (Wildman–Crippen LogP) is 6.64. The minimum absolute atomic E-state index is 0.0315. The molecule has 0 radical (unpaired) electrons. The third-order valence-corrected chi connectivity index (χ3v) is 11.1. The summed E-state index contributed by atoms with van der Waals surface area (Å²) in [7, 11) is 0. The molecule has 3 aromatic rings. The second-order valence-corrected chi connectivity index (χ2v) is 13.7. The Morgan fingerprint density at radius 2 is 1.75 bits per heavy atom. The van der Waals surface area contributed by atoms with Crippen molar-refractivity contribution >= 4 is 34.7 Å². The Bertz CT molecular complexity index is 1350. The standard InChI is InChI=1S/C29H31FN2O2S2/c1-29(2,3)19-8-6-16(7-9-19)23-24-17-4-5-18(14-17)25(24)35-27-26(23)36-28(34)32(27)15-22(33)31-21-12-10-20(30)11-13-21/h6-13,17-18,23-25H,4-5,14-15H2,1-3H3,(H,31,33). The number of carbonyl (C=O) groups is 1. The number of anilines is 1. The van der Waals surface area contributed by atoms with Gasteiger partial charge in [-0.1, -0.05) is 56.4 Å². The molecular formula is C29H31FN2O2S2. The zero-order valence-corrected chi connectivity index (χ0v) is 22.4. The van der Waals surface area contributed by atoms with E-state index in [1.807, 2.05) is 11.8 Å². The molecule has 5 atom stereocenters. The van der Waals surface area contributed by atoms with Crippen molar-refractivity contribution in [1.82, 2.24) is 4.57 Å². The number of hydrogen-bond acceptors (Lipinski definition) is 4. The minimum Gasteiger partial charge on any atom is -0.325 e. The molecule has 2 saturated carbocycles. The van der Waals surface area contributed by atoms with E-state index in [1.54, 1.807) is 4.57 Å². The third-order valence-electron chi connectivity index (χ3n) is 8.26. The molecule has 6 rings (SSSR count). The smallest absolute Gasteiger partial charge is 0.308 e. The van der Waals surface area contributed by atoms with Gasteiger partial charge in [-0.15, -0.1) is 11.8 Å². The van der Waals surface area contributed by atoms with Gasteiger partial charge in [-0.3, -0.25) is 14.2 Å². The maximum Gasteiger partial charge on any atom is 0.308 e. The molecule has 2 aliphatic carbocycles. The van der Waals surface area contributed by atoms with Gasteiger partial charge < -0.3 is 5.32 Å². The molecular weight excluding hydrogens is 491 g/mol. The summed E-state index contributed by atoms with van der Waals surface area (Å²) in [4.78, 5) is 27.2. The molecule has 1 aromatic heterocycles. The van der Waals surface area contributed by atoms with Gasteiger partial charge in [0.15, 0.2) is 0 Å². The quantitative estimate of drug-likeness (QED) is 0.418. The molecule has 1 N–H and O–H groups in total. The molecule has 7 heteroatoms. The Hall–Kier alpha value is -2.38. The van der Waals surface area contributed by atoms with Crippen LogP contribution in [0.3, 0.4) is 0 Å². The number of fused-ring (bicyclic) bond motifs is 6. The van der Waals surface area contributed by atoms with Crippen molar-refractivity contribution in [1.29, 1.82) is 0 Å². The molecule has 1 aliphatic heterocycles. The van der Waals surface area contributed by atoms with Crippen molar-refractivity contribution in [2.75, 3.05) is 5.32 Å². The van der Waals surface area contributed by atoms with Crippen molar-refractivity contribution in [3.8, 4) is 0 Å². The number of nitrogens with zero attached hydrogens (tertiary/aromatic N) is 1. The van der Waals surface area contributed by atoms with Gasteiger partial charge in [0.25, 0.3) is 0 Å². The summed E-state index contributed by atoms with van der Waals surface area (Å²) < 4.78 is 14.9. The van der Waals surface area contributed by atoms with Crippen LogP contribution in [0.5, 0.6) is 0 Å². The first-order valence-electron chi connectivity index (χ1n) is 12.7. The SMILES string of the molecule is CC(C)(C)c1ccc(C2c3sc(=O)n(CC(=O)Nc4ccc(F)cc4)c3SC3C4CCC(C4)C23)cc1. The summed E-state index contributed by atoms with van der Waals surface area (Å²) in [6, 6.07) is 14.7. The van der Waals surface area contributed by atoms with Gasteiger partial charge in [-0.2, -0.15) is 0 Å². The Morgan fingerprint density at radius 3 is 2.44 bits per heavy atom. The Labute approximate surface area is 219 Å². The fourth-order valence-electron chi connectivity index (χ4n) is 6.53. The summed E-state index contributed by atoms with van der Waals surface area (Å²) >= 11 is 3.15. The Morgan fingerprint density at radius 1 is 1.06 bits per heavy atom. The number of halogens is 1. The van der Waals surface area contributed by atoms with Gasteiger partial charge in [0, 0.05) is 21.7 Å². The molecule has 4 nitrogen and oxygen atoms in total. The fourth-order valence-corrected chi connectivity index (χ4v) is 9.68. The highest BCUT2D eigenvalue weighted by Crippen LogP contribution is 2.64. The Kier molecular flexibility index (Phi) is 5.91. The number of aromatic nitrogens is 1. The van der Waals surface area contributed by atoms with Gasteiger partial charge in [0.05, 0.1) is 5.03 Å². The van der Waals surface area contributed by atoms with Gasteiger partial charge >= 0.3 is 4.87 Å². The molecule has 2 heterocycles. The minimum atomic E-state index is -0.352. The van der Waals surface area contributed by atoms with E-state index in [4.69, 9.17) is 0 Å². The highest BCUT2D eigenvalue weighted by Gasteiger charge is 2.55. The van der Waals surface area contributed by atoms with Crippen LogP contribution < -0.4 is 10.2 Å². The van der Waals surface area contributed by atoms with E-state index in [-0.39, 0.29) is 34.5 Å². The summed E-state index contributed by atoms with van der Waals surface area (Å²) in [6.07, 6.45) is 3.83. The van der Waals surface area contributed by atoms with Crippen LogP contribution in [-0.2, 0) is 16.8 Å². The molecule has 36 heavy (non-hydrogen) atoms. The van der Waals surface area contributed by atoms with Crippen molar-refractivity contribution in [3.63, 3.8) is 0 Å². The number of rotatable bonds is 4. The second kappa shape index (κ2) is 8.88. The van der Waals surface area contributed by atoms with Crippen LogP contribution in [0.2, 0.25) is 0 Å². The van der Waals surface area contributed by atoms with E-state index < -0.39 is 0 Å². The molecule has 2 fully saturated rings. The van der Waals surface area contributed by atoms with Crippen molar-refractivity contribution in [2.24, 2.45) is 17.8 Å². The first kappa shape index (κ1) is 24.0. The van der Waals surface area contributed by atoms with Crippen LogP contribution in [0.1, 0.15) is 62.0 Å². The molecule has 2 bridgehead atoms. The van der Waals surface area contributed by atoms with Crippen LogP contribution >= 0.6 is 23.1 Å². The van der Waals surface area contributed by atoms with E-state index in [0.29, 0.717) is 28.7 Å². The summed E-state index contributed by atoms with van der Waals surface area (Å²) in [5.74, 6) is 1.52. The first-order chi connectivity index (χ1) is 17.2. The number of benzene rings is 2. The van der Waals surface area contributed by atoms with Gasteiger partial charge in [-0.05, 0) is 77.8 Å². The van der Waals surface area contributed by atoms with E-state index >= 15 is 0 Å². The van der Waals surface area contributed by atoms with E-state index in [0.717, 1.165) is 9.90 Å². The van der Waals surface area contributed by atoms with Gasteiger partial charge in [-0.25, -0.2) is 4.39 Å². The average Bonchev–Trinajstić information content (AvgIpc) is 3.53. The predicted molar refractivity (Wildman–Crippen MR) is 145 cm³/mol. The first-order valence-corrected chi connectivity index (χ1v) is 14.4. The Balaban J connectivity index is 1.35. The average molecular weight is 523 g/mol. The molecule has 0 saturated heterocycles. The van der Waals surface area contributed by atoms with E-state index in [2.05, 4.69) is 50.4 Å². The zero-order chi connectivity index (χ0) is 25.2. The maximum atomic E-state index is 13.2. The zero-order valence-electron chi connectivity index (χ0n) is 20.8. The van der Waals surface area contributed by atoms with Gasteiger partial charge in [0.1, 0.15) is 12.4 Å². The molecule has 3 aliphatic rings. The molecule has 0 spiro atoms. The number of thiazole rings is 1. The lowest BCUT2D eigenvalue weighted by Gasteiger charge is -2.40. The lowest BCUT2D eigenvalue weighted by atomic mass is 9.74. The van der Waals surface area contributed by atoms with Crippen molar-refractivity contribution < 1.29 is 9.18 Å². The monoisotopic (exact) mass is 522 g/mol.